The monoisotopic (exact) mass is 491 g/mol. The summed E-state index contributed by atoms with van der Waals surface area (Å²) in [4.78, 5) is 44.5. The Bertz CT molecular complexity index is 1460. The van der Waals surface area contributed by atoms with Gasteiger partial charge in [-0.3, -0.25) is 14.4 Å². The Morgan fingerprint density at radius 3 is 1.89 bits per heavy atom. The van der Waals surface area contributed by atoms with E-state index in [0.29, 0.717) is 24.3 Å². The van der Waals surface area contributed by atoms with Gasteiger partial charge >= 0.3 is 0 Å². The quantitative estimate of drug-likeness (QED) is 0.409. The highest BCUT2D eigenvalue weighted by Gasteiger charge is 2.80. The van der Waals surface area contributed by atoms with E-state index in [2.05, 4.69) is 0 Å². The zero-order chi connectivity index (χ0) is 25.9. The second-order valence-electron chi connectivity index (χ2n) is 10.4. The third-order valence-electron chi connectivity index (χ3n) is 8.65. The summed E-state index contributed by atoms with van der Waals surface area (Å²) < 4.78 is 5.52. The van der Waals surface area contributed by atoms with Crippen LogP contribution in [0.15, 0.2) is 84.9 Å². The van der Waals surface area contributed by atoms with Crippen molar-refractivity contribution in [2.24, 2.45) is 22.7 Å². The summed E-state index contributed by atoms with van der Waals surface area (Å²) in [7, 11) is 1.53. The first-order valence-corrected chi connectivity index (χ1v) is 12.8. The predicted octanol–water partition coefficient (Wildman–Crippen LogP) is 5.80. The molecule has 0 radical (unpaired) electrons. The lowest BCUT2D eigenvalue weighted by molar-refractivity contribution is -0.134. The number of benzene rings is 3. The molecule has 1 saturated heterocycles. The van der Waals surface area contributed by atoms with Gasteiger partial charge in [0.05, 0.1) is 35.5 Å². The van der Waals surface area contributed by atoms with Crippen LogP contribution in [0.3, 0.4) is 0 Å². The third-order valence-corrected chi connectivity index (χ3v) is 8.65. The van der Waals surface area contributed by atoms with Gasteiger partial charge in [-0.05, 0) is 47.8 Å². The second-order valence-corrected chi connectivity index (χ2v) is 10.4. The van der Waals surface area contributed by atoms with Gasteiger partial charge in [0, 0.05) is 0 Å². The first-order chi connectivity index (χ1) is 17.9. The maximum atomic E-state index is 14.7. The number of fused-ring (bicyclic) bond motifs is 5. The molecule has 4 atom stereocenters. The number of carbonyl (C=O) groups is 3. The van der Waals surface area contributed by atoms with Crippen LogP contribution < -0.4 is 9.64 Å². The van der Waals surface area contributed by atoms with Crippen molar-refractivity contribution >= 4 is 34.4 Å². The second kappa shape index (κ2) is 8.27. The van der Waals surface area contributed by atoms with Gasteiger partial charge in [0.1, 0.15) is 5.75 Å². The molecule has 2 fully saturated rings. The molecule has 186 valence electrons. The van der Waals surface area contributed by atoms with E-state index in [-0.39, 0.29) is 17.6 Å². The number of Topliss-reactive ketones (excluding diaryl/α,β-unsaturated/α-hetero) is 1. The molecular formula is C32H29NO4. The van der Waals surface area contributed by atoms with Crippen LogP contribution in [-0.2, 0) is 14.4 Å². The molecule has 2 aliphatic carbocycles. The number of hydrogen-bond acceptors (Lipinski definition) is 4. The van der Waals surface area contributed by atoms with Crippen LogP contribution in [-0.4, -0.2) is 24.7 Å². The number of nitrogens with zero attached hydrogens (tertiary/aromatic N) is 1. The smallest absolute Gasteiger partial charge is 0.239 e. The minimum atomic E-state index is -1.13. The van der Waals surface area contributed by atoms with Gasteiger partial charge in [0.25, 0.3) is 0 Å². The number of para-hydroxylation sites is 2. The standard InChI is InChI=1S/C32H29NO4/c1-4-19-32-25(21-15-9-6-10-16-21)24(20-13-7-5-8-14-20)31(2,30(32)36)26-27(32)29(35)33(28(26)34)22-17-11-12-18-23(22)37-3/h5-18,26-27H,4,19H2,1-3H3/t26-,27+,31-,32+/m0/s1. The lowest BCUT2D eigenvalue weighted by atomic mass is 9.61. The van der Waals surface area contributed by atoms with Crippen LogP contribution in [0.25, 0.3) is 11.1 Å². The van der Waals surface area contributed by atoms with Crippen LogP contribution in [0.5, 0.6) is 5.75 Å². The molecule has 0 spiro atoms. The lowest BCUT2D eigenvalue weighted by Gasteiger charge is -2.37. The van der Waals surface area contributed by atoms with E-state index < -0.39 is 22.7 Å². The van der Waals surface area contributed by atoms with Crippen molar-refractivity contribution in [3.05, 3.63) is 96.1 Å². The molecule has 3 aliphatic rings. The minimum Gasteiger partial charge on any atom is -0.495 e. The summed E-state index contributed by atoms with van der Waals surface area (Å²) in [5.41, 5.74) is 1.85. The normalized spacial score (nSPS) is 28.3. The largest absolute Gasteiger partial charge is 0.495 e. The van der Waals surface area contributed by atoms with Crippen molar-refractivity contribution in [2.75, 3.05) is 12.0 Å². The summed E-state index contributed by atoms with van der Waals surface area (Å²) in [6.45, 7) is 3.93. The van der Waals surface area contributed by atoms with Crippen molar-refractivity contribution in [2.45, 2.75) is 26.7 Å². The number of allylic oxidation sites excluding steroid dienone is 2. The van der Waals surface area contributed by atoms with Crippen molar-refractivity contribution in [1.29, 1.82) is 0 Å². The molecule has 3 aromatic carbocycles. The van der Waals surface area contributed by atoms with E-state index >= 15 is 0 Å². The van der Waals surface area contributed by atoms with Crippen LogP contribution in [0.4, 0.5) is 5.69 Å². The van der Waals surface area contributed by atoms with E-state index in [4.69, 9.17) is 4.74 Å². The summed E-state index contributed by atoms with van der Waals surface area (Å²) >= 11 is 0. The summed E-state index contributed by atoms with van der Waals surface area (Å²) in [5.74, 6) is -1.72. The van der Waals surface area contributed by atoms with Crippen molar-refractivity contribution in [1.82, 2.24) is 0 Å². The summed E-state index contributed by atoms with van der Waals surface area (Å²) in [6.07, 6.45) is 1.21. The lowest BCUT2D eigenvalue weighted by Crippen LogP contribution is -2.41. The molecular weight excluding hydrogens is 462 g/mol. The number of methoxy groups -OCH3 is 1. The Labute approximate surface area is 216 Å². The van der Waals surface area contributed by atoms with Crippen LogP contribution in [0.2, 0.25) is 0 Å². The van der Waals surface area contributed by atoms with Crippen LogP contribution in [0, 0.1) is 22.7 Å². The molecule has 5 nitrogen and oxygen atoms in total. The highest BCUT2D eigenvalue weighted by atomic mass is 16.5. The Hall–Kier alpha value is -3.99. The molecule has 1 aliphatic heterocycles. The Morgan fingerprint density at radius 2 is 1.30 bits per heavy atom. The van der Waals surface area contributed by atoms with Crippen molar-refractivity contribution < 1.29 is 19.1 Å². The van der Waals surface area contributed by atoms with Crippen molar-refractivity contribution in [3.8, 4) is 5.75 Å². The van der Waals surface area contributed by atoms with E-state index in [1.165, 1.54) is 12.0 Å². The average Bonchev–Trinajstić information content (AvgIpc) is 3.39. The zero-order valence-corrected chi connectivity index (χ0v) is 21.2. The number of anilines is 1. The van der Waals surface area contributed by atoms with E-state index in [9.17, 15) is 14.4 Å². The van der Waals surface area contributed by atoms with Gasteiger partial charge in [-0.2, -0.15) is 0 Å². The van der Waals surface area contributed by atoms with Gasteiger partial charge in [0.2, 0.25) is 11.8 Å². The predicted molar refractivity (Wildman–Crippen MR) is 143 cm³/mol. The molecule has 0 aromatic heterocycles. The van der Waals surface area contributed by atoms with Crippen molar-refractivity contribution in [3.63, 3.8) is 0 Å². The van der Waals surface area contributed by atoms with Gasteiger partial charge in [0.15, 0.2) is 5.78 Å². The van der Waals surface area contributed by atoms with E-state index in [0.717, 1.165) is 22.3 Å². The van der Waals surface area contributed by atoms with Gasteiger partial charge in [-0.15, -0.1) is 0 Å². The fraction of sp³-hybridized carbons (Fsp3) is 0.281. The molecule has 0 N–H and O–H groups in total. The van der Waals surface area contributed by atoms with Gasteiger partial charge in [-0.1, -0.05) is 86.1 Å². The summed E-state index contributed by atoms with van der Waals surface area (Å²) in [5, 5.41) is 0. The zero-order valence-electron chi connectivity index (χ0n) is 21.2. The van der Waals surface area contributed by atoms with Crippen LogP contribution in [0.1, 0.15) is 37.8 Å². The molecule has 2 amide bonds. The maximum absolute atomic E-state index is 14.7. The van der Waals surface area contributed by atoms with Gasteiger partial charge in [-0.25, -0.2) is 4.90 Å². The fourth-order valence-electron chi connectivity index (χ4n) is 7.41. The SMILES string of the molecule is CCC[C@@]12C(=O)[C@@](C)(C(c3ccccc3)=C1c1ccccc1)[C@@H]1C(=O)N(c3ccccc3OC)C(=O)[C@@H]12. The number of carbonyl (C=O) groups excluding carboxylic acids is 3. The number of ketones is 1. The molecule has 5 heteroatoms. The topological polar surface area (TPSA) is 63.7 Å². The fourth-order valence-corrected chi connectivity index (χ4v) is 7.41. The molecule has 37 heavy (non-hydrogen) atoms. The van der Waals surface area contributed by atoms with E-state index in [1.807, 2.05) is 80.6 Å². The molecule has 0 unspecified atom stereocenters. The molecule has 6 rings (SSSR count). The van der Waals surface area contributed by atoms with Gasteiger partial charge < -0.3 is 4.74 Å². The Balaban J connectivity index is 1.66. The first kappa shape index (κ1) is 23.4. The molecule has 3 aromatic rings. The molecule has 1 heterocycles. The highest BCUT2D eigenvalue weighted by molar-refractivity contribution is 6.34. The minimum absolute atomic E-state index is 0.00377. The number of ether oxygens (including phenoxy) is 1. The van der Waals surface area contributed by atoms with E-state index in [1.54, 1.807) is 18.2 Å². The average molecular weight is 492 g/mol. The first-order valence-electron chi connectivity index (χ1n) is 12.8. The maximum Gasteiger partial charge on any atom is 0.239 e. The Kier molecular flexibility index (Phi) is 5.23. The molecule has 1 saturated carbocycles. The number of hydrogen-bond donors (Lipinski definition) is 0. The number of imide groups is 1. The number of amides is 2. The third kappa shape index (κ3) is 2.83. The highest BCUT2D eigenvalue weighted by Crippen LogP contribution is 2.75. The Morgan fingerprint density at radius 1 is 0.757 bits per heavy atom. The van der Waals surface area contributed by atoms with Crippen LogP contribution >= 0.6 is 0 Å². The molecule has 2 bridgehead atoms. The number of rotatable bonds is 6. The summed E-state index contributed by atoms with van der Waals surface area (Å²) in [6, 6.07) is 26.9.